The van der Waals surface area contributed by atoms with Gasteiger partial charge in [-0.25, -0.2) is 9.18 Å². The Hall–Kier alpha value is -1.13. The molecule has 86 valence electrons. The number of rotatable bonds is 0. The number of hydrogen-bond donors (Lipinski definition) is 0. The molecule has 1 aliphatic heterocycles. The van der Waals surface area contributed by atoms with Gasteiger partial charge in [0.15, 0.2) is 12.0 Å². The van der Waals surface area contributed by atoms with E-state index in [0.29, 0.717) is 0 Å². The van der Waals surface area contributed by atoms with Crippen LogP contribution in [-0.4, -0.2) is 41.6 Å². The third kappa shape index (κ3) is 3.49. The normalized spacial score (nSPS) is 22.8. The van der Waals surface area contributed by atoms with Crippen molar-refractivity contribution in [1.29, 1.82) is 0 Å². The maximum absolute atomic E-state index is 12.8. The Kier molecular flexibility index (Phi) is 3.31. The summed E-state index contributed by atoms with van der Waals surface area (Å²) in [6.45, 7) is 5.29. The highest BCUT2D eigenvalue weighted by atomic mass is 19.1. The van der Waals surface area contributed by atoms with E-state index in [-0.39, 0.29) is 19.5 Å². The van der Waals surface area contributed by atoms with Crippen LogP contribution in [0.25, 0.3) is 0 Å². The Morgan fingerprint density at radius 2 is 2.13 bits per heavy atom. The molecule has 0 aliphatic carbocycles. The van der Waals surface area contributed by atoms with Gasteiger partial charge in [-0.1, -0.05) is 0 Å². The molecule has 0 unspecified atom stereocenters. The van der Waals surface area contributed by atoms with Crippen LogP contribution in [0.15, 0.2) is 0 Å². The lowest BCUT2D eigenvalue weighted by atomic mass is 10.1. The fraction of sp³-hybridized carbons (Fsp3) is 0.800. The number of halogens is 1. The van der Waals surface area contributed by atoms with Gasteiger partial charge in [-0.2, -0.15) is 0 Å². The minimum Gasteiger partial charge on any atom is -0.444 e. The largest absolute Gasteiger partial charge is 0.444 e. The van der Waals surface area contributed by atoms with Crippen molar-refractivity contribution in [3.8, 4) is 0 Å². The van der Waals surface area contributed by atoms with Gasteiger partial charge < -0.3 is 9.64 Å². The van der Waals surface area contributed by atoms with Crippen LogP contribution in [0.3, 0.4) is 0 Å². The molecule has 1 rings (SSSR count). The van der Waals surface area contributed by atoms with E-state index in [0.717, 1.165) is 0 Å². The predicted octanol–water partition coefficient (Wildman–Crippen LogP) is 1.53. The quantitative estimate of drug-likeness (QED) is 0.618. The molecular formula is C10H16FNO3. The molecule has 0 aromatic rings. The summed E-state index contributed by atoms with van der Waals surface area (Å²) in [7, 11) is 0. The number of hydrogen-bond acceptors (Lipinski definition) is 3. The smallest absolute Gasteiger partial charge is 0.410 e. The first-order chi connectivity index (χ1) is 6.79. The van der Waals surface area contributed by atoms with Crippen molar-refractivity contribution < 1.29 is 18.7 Å². The van der Waals surface area contributed by atoms with Crippen molar-refractivity contribution in [2.75, 3.05) is 13.1 Å². The standard InChI is InChI=1S/C10H16FNO3/c1-10(2,3)15-9(14)12-5-4-7(11)8(13)6-12/h7H,4-6H2,1-3H3/t7-/m0/s1. The molecular weight excluding hydrogens is 201 g/mol. The van der Waals surface area contributed by atoms with E-state index in [4.69, 9.17) is 4.74 Å². The molecule has 1 heterocycles. The van der Waals surface area contributed by atoms with Crippen LogP contribution in [0, 0.1) is 0 Å². The number of carbonyl (C=O) groups is 2. The van der Waals surface area contributed by atoms with Crippen LogP contribution in [0.2, 0.25) is 0 Å². The predicted molar refractivity (Wildman–Crippen MR) is 52.3 cm³/mol. The number of nitrogens with zero attached hydrogens (tertiary/aromatic N) is 1. The summed E-state index contributed by atoms with van der Waals surface area (Å²) in [6, 6.07) is 0. The molecule has 0 aromatic heterocycles. The topological polar surface area (TPSA) is 46.6 Å². The number of alkyl halides is 1. The van der Waals surface area contributed by atoms with Crippen molar-refractivity contribution in [2.45, 2.75) is 39.0 Å². The molecule has 1 fully saturated rings. The molecule has 0 saturated carbocycles. The SMILES string of the molecule is CC(C)(C)OC(=O)N1CC[C@H](F)C(=O)C1. The molecule has 1 atom stereocenters. The Morgan fingerprint density at radius 1 is 1.53 bits per heavy atom. The lowest BCUT2D eigenvalue weighted by Crippen LogP contribution is -2.46. The maximum atomic E-state index is 12.8. The van der Waals surface area contributed by atoms with E-state index >= 15 is 0 Å². The van der Waals surface area contributed by atoms with Crippen LogP contribution < -0.4 is 0 Å². The van der Waals surface area contributed by atoms with Gasteiger partial charge in [-0.05, 0) is 20.8 Å². The fourth-order valence-electron chi connectivity index (χ4n) is 1.28. The van der Waals surface area contributed by atoms with Crippen molar-refractivity contribution >= 4 is 11.9 Å². The van der Waals surface area contributed by atoms with E-state index in [1.807, 2.05) is 0 Å². The van der Waals surface area contributed by atoms with Crippen molar-refractivity contribution in [3.63, 3.8) is 0 Å². The van der Waals surface area contributed by atoms with Gasteiger partial charge in [-0.15, -0.1) is 0 Å². The number of ether oxygens (including phenoxy) is 1. The van der Waals surface area contributed by atoms with Crippen molar-refractivity contribution in [3.05, 3.63) is 0 Å². The minimum absolute atomic E-state index is 0.0675. The summed E-state index contributed by atoms with van der Waals surface area (Å²) >= 11 is 0. The molecule has 0 N–H and O–H groups in total. The maximum Gasteiger partial charge on any atom is 0.410 e. The molecule has 1 aliphatic rings. The van der Waals surface area contributed by atoms with Gasteiger partial charge >= 0.3 is 6.09 Å². The van der Waals surface area contributed by atoms with Gasteiger partial charge in [0.05, 0.1) is 6.54 Å². The first-order valence-electron chi connectivity index (χ1n) is 4.94. The Labute approximate surface area is 88.4 Å². The number of ketones is 1. The van der Waals surface area contributed by atoms with Gasteiger partial charge in [0.25, 0.3) is 0 Å². The van der Waals surface area contributed by atoms with Gasteiger partial charge in [0.1, 0.15) is 5.60 Å². The molecule has 0 aromatic carbocycles. The van der Waals surface area contributed by atoms with Crippen molar-refractivity contribution in [1.82, 2.24) is 4.90 Å². The molecule has 1 saturated heterocycles. The number of Topliss-reactive ketones (excluding diaryl/α,β-unsaturated/α-hetero) is 1. The Morgan fingerprint density at radius 3 is 2.60 bits per heavy atom. The van der Waals surface area contributed by atoms with E-state index < -0.39 is 23.6 Å². The summed E-state index contributed by atoms with van der Waals surface area (Å²) in [5.41, 5.74) is -0.591. The fourth-order valence-corrected chi connectivity index (χ4v) is 1.28. The number of likely N-dealkylation sites (tertiary alicyclic amines) is 1. The highest BCUT2D eigenvalue weighted by Crippen LogP contribution is 2.15. The van der Waals surface area contributed by atoms with Gasteiger partial charge in [-0.3, -0.25) is 4.79 Å². The summed E-state index contributed by atoms with van der Waals surface area (Å²) < 4.78 is 17.9. The number of amides is 1. The van der Waals surface area contributed by atoms with Crippen LogP contribution in [-0.2, 0) is 9.53 Å². The van der Waals surface area contributed by atoms with E-state index in [1.165, 1.54) is 4.90 Å². The van der Waals surface area contributed by atoms with Gasteiger partial charge in [0.2, 0.25) is 0 Å². The summed E-state index contributed by atoms with van der Waals surface area (Å²) in [6.07, 6.45) is -1.91. The van der Waals surface area contributed by atoms with Crippen LogP contribution in [0.4, 0.5) is 9.18 Å². The Bertz CT molecular complexity index is 272. The highest BCUT2D eigenvalue weighted by molar-refractivity contribution is 5.88. The molecule has 5 heteroatoms. The second-order valence-corrected chi connectivity index (χ2v) is 4.62. The third-order valence-corrected chi connectivity index (χ3v) is 2.00. The first-order valence-corrected chi connectivity index (χ1v) is 4.94. The number of carbonyl (C=O) groups excluding carboxylic acids is 2. The third-order valence-electron chi connectivity index (χ3n) is 2.00. The van der Waals surface area contributed by atoms with E-state index in [1.54, 1.807) is 20.8 Å². The first kappa shape index (κ1) is 11.9. The van der Waals surface area contributed by atoms with Crippen molar-refractivity contribution in [2.24, 2.45) is 0 Å². The van der Waals surface area contributed by atoms with E-state index in [9.17, 15) is 14.0 Å². The lowest BCUT2D eigenvalue weighted by molar-refractivity contribution is -0.127. The lowest BCUT2D eigenvalue weighted by Gasteiger charge is -2.30. The zero-order valence-electron chi connectivity index (χ0n) is 9.25. The molecule has 4 nitrogen and oxygen atoms in total. The van der Waals surface area contributed by atoms with Crippen LogP contribution in [0.5, 0.6) is 0 Å². The number of piperidine rings is 1. The molecule has 0 bridgehead atoms. The second kappa shape index (κ2) is 4.16. The zero-order valence-corrected chi connectivity index (χ0v) is 9.25. The summed E-state index contributed by atoms with van der Waals surface area (Å²) in [5, 5.41) is 0. The average molecular weight is 217 g/mol. The van der Waals surface area contributed by atoms with Gasteiger partial charge in [0, 0.05) is 13.0 Å². The average Bonchev–Trinajstić information content (AvgIpc) is 2.06. The monoisotopic (exact) mass is 217 g/mol. The highest BCUT2D eigenvalue weighted by Gasteiger charge is 2.31. The van der Waals surface area contributed by atoms with Crippen LogP contribution in [0.1, 0.15) is 27.2 Å². The second-order valence-electron chi connectivity index (χ2n) is 4.62. The molecule has 0 radical (unpaired) electrons. The zero-order chi connectivity index (χ0) is 11.6. The molecule has 0 spiro atoms. The minimum atomic E-state index is -1.43. The van der Waals surface area contributed by atoms with Crippen LogP contribution >= 0.6 is 0 Å². The van der Waals surface area contributed by atoms with E-state index in [2.05, 4.69) is 0 Å². The molecule has 1 amide bonds. The summed E-state index contributed by atoms with van der Waals surface area (Å²) in [5.74, 6) is -0.549. The summed E-state index contributed by atoms with van der Waals surface area (Å²) in [4.78, 5) is 23.8. The molecule has 15 heavy (non-hydrogen) atoms. The Balaban J connectivity index is 2.52.